The van der Waals surface area contributed by atoms with Crippen molar-refractivity contribution in [2.24, 2.45) is 29.1 Å². The summed E-state index contributed by atoms with van der Waals surface area (Å²) in [6, 6.07) is 0. The third-order valence-corrected chi connectivity index (χ3v) is 6.71. The molecule has 4 nitrogen and oxygen atoms in total. The number of hydrogen-bond acceptors (Lipinski definition) is 4. The molecule has 2 bridgehead atoms. The predicted molar refractivity (Wildman–Crippen MR) is 82.0 cm³/mol. The zero-order valence-corrected chi connectivity index (χ0v) is 13.7. The predicted octanol–water partition coefficient (Wildman–Crippen LogP) is 2.72. The molecule has 0 heterocycles. The molecule has 3 rings (SSSR count). The van der Waals surface area contributed by atoms with Crippen LogP contribution in [0.15, 0.2) is 0 Å². The lowest BCUT2D eigenvalue weighted by molar-refractivity contribution is -0.164. The van der Waals surface area contributed by atoms with Gasteiger partial charge < -0.3 is 9.84 Å². The van der Waals surface area contributed by atoms with Crippen LogP contribution in [0.4, 0.5) is 0 Å². The van der Waals surface area contributed by atoms with E-state index >= 15 is 0 Å². The highest BCUT2D eigenvalue weighted by Gasteiger charge is 2.56. The number of esters is 1. The summed E-state index contributed by atoms with van der Waals surface area (Å²) in [7, 11) is 0. The molecule has 0 aliphatic heterocycles. The average Bonchev–Trinajstić information content (AvgIpc) is 2.82. The van der Waals surface area contributed by atoms with Gasteiger partial charge in [-0.25, -0.2) is 4.79 Å². The Morgan fingerprint density at radius 3 is 2.82 bits per heavy atom. The minimum Gasteiger partial charge on any atom is -0.460 e. The summed E-state index contributed by atoms with van der Waals surface area (Å²) in [5, 5.41) is 9.03. The second-order valence-electron chi connectivity index (χ2n) is 7.94. The average molecular weight is 308 g/mol. The second-order valence-corrected chi connectivity index (χ2v) is 7.94. The Kier molecular flexibility index (Phi) is 4.32. The molecule has 0 aromatic carbocycles. The van der Waals surface area contributed by atoms with Crippen LogP contribution in [-0.4, -0.2) is 29.6 Å². The molecule has 3 fully saturated rings. The summed E-state index contributed by atoms with van der Waals surface area (Å²) in [5.74, 6) is 1.10. The van der Waals surface area contributed by atoms with Gasteiger partial charge in [0.15, 0.2) is 0 Å². The second kappa shape index (κ2) is 5.95. The van der Waals surface area contributed by atoms with E-state index in [9.17, 15) is 9.59 Å². The van der Waals surface area contributed by atoms with Crippen LogP contribution in [0.3, 0.4) is 0 Å². The number of Topliss-reactive ketones (excluding diaryl/α,β-unsaturated/α-hetero) is 1. The minimum atomic E-state index is -0.573. The molecule has 6 atom stereocenters. The molecule has 0 aromatic heterocycles. The number of ether oxygens (including phenoxy) is 1. The van der Waals surface area contributed by atoms with Gasteiger partial charge in [-0.15, -0.1) is 0 Å². The van der Waals surface area contributed by atoms with Crippen molar-refractivity contribution in [1.29, 1.82) is 0 Å². The Hall–Kier alpha value is -0.900. The van der Waals surface area contributed by atoms with Crippen molar-refractivity contribution in [3.63, 3.8) is 0 Å². The van der Waals surface area contributed by atoms with Crippen LogP contribution < -0.4 is 0 Å². The summed E-state index contributed by atoms with van der Waals surface area (Å²) >= 11 is 0. The van der Waals surface area contributed by atoms with E-state index in [1.165, 1.54) is 0 Å². The fourth-order valence-electron chi connectivity index (χ4n) is 5.54. The van der Waals surface area contributed by atoms with E-state index in [1.807, 2.05) is 0 Å². The fraction of sp³-hybridized carbons (Fsp3) is 0.889. The normalized spacial score (nSPS) is 44.9. The highest BCUT2D eigenvalue weighted by atomic mass is 16.6. The van der Waals surface area contributed by atoms with Crippen LogP contribution in [0, 0.1) is 29.1 Å². The molecule has 0 amide bonds. The van der Waals surface area contributed by atoms with Crippen LogP contribution in [0.1, 0.15) is 58.8 Å². The van der Waals surface area contributed by atoms with Gasteiger partial charge >= 0.3 is 5.97 Å². The maximum absolute atomic E-state index is 12.6. The molecule has 22 heavy (non-hydrogen) atoms. The first-order valence-corrected chi connectivity index (χ1v) is 8.80. The summed E-state index contributed by atoms with van der Waals surface area (Å²) in [5.41, 5.74) is 0.151. The van der Waals surface area contributed by atoms with Gasteiger partial charge in [0.2, 0.25) is 0 Å². The van der Waals surface area contributed by atoms with Crippen molar-refractivity contribution >= 4 is 11.8 Å². The topological polar surface area (TPSA) is 63.6 Å². The first-order valence-electron chi connectivity index (χ1n) is 8.80. The first-order chi connectivity index (χ1) is 10.5. The van der Waals surface area contributed by atoms with Crippen LogP contribution in [0.25, 0.3) is 0 Å². The van der Waals surface area contributed by atoms with Crippen molar-refractivity contribution in [3.05, 3.63) is 0 Å². The van der Waals surface area contributed by atoms with Gasteiger partial charge in [-0.1, -0.05) is 20.3 Å². The number of carbonyl (C=O) groups is 2. The van der Waals surface area contributed by atoms with Crippen molar-refractivity contribution < 1.29 is 19.4 Å². The van der Waals surface area contributed by atoms with Crippen molar-refractivity contribution in [3.8, 4) is 0 Å². The van der Waals surface area contributed by atoms with E-state index in [4.69, 9.17) is 9.84 Å². The minimum absolute atomic E-state index is 0.0766. The maximum atomic E-state index is 12.6. The molecule has 0 aromatic rings. The molecular weight excluding hydrogens is 280 g/mol. The Morgan fingerprint density at radius 1 is 1.32 bits per heavy atom. The largest absolute Gasteiger partial charge is 0.460 e. The van der Waals surface area contributed by atoms with E-state index in [1.54, 1.807) is 0 Å². The standard InChI is InChI=1S/C18H28O4/c1-11-8-15(22-16(21)10-19)13-4-3-6-18(9-12(11)2)7-5-14(20)17(13)18/h11-13,15,17,19H,3-10H2,1-2H3/t11?,12-,13?,15+,17?,18?/m0/s1. The van der Waals surface area contributed by atoms with Gasteiger partial charge in [0.25, 0.3) is 0 Å². The molecule has 4 unspecified atom stereocenters. The molecule has 0 radical (unpaired) electrons. The summed E-state index contributed by atoms with van der Waals surface area (Å²) in [6.07, 6.45) is 6.72. The summed E-state index contributed by atoms with van der Waals surface area (Å²) < 4.78 is 5.59. The highest BCUT2D eigenvalue weighted by Crippen LogP contribution is 2.59. The number of ketones is 1. The zero-order valence-electron chi connectivity index (χ0n) is 13.7. The Labute approximate surface area is 132 Å². The zero-order chi connectivity index (χ0) is 15.9. The Bertz CT molecular complexity index is 460. The van der Waals surface area contributed by atoms with Crippen molar-refractivity contribution in [2.45, 2.75) is 64.9 Å². The van der Waals surface area contributed by atoms with Crippen molar-refractivity contribution in [1.82, 2.24) is 0 Å². The quantitative estimate of drug-likeness (QED) is 0.797. The molecule has 124 valence electrons. The lowest BCUT2D eigenvalue weighted by Gasteiger charge is -2.50. The van der Waals surface area contributed by atoms with Crippen LogP contribution in [0.5, 0.6) is 0 Å². The molecule has 0 saturated heterocycles. The van der Waals surface area contributed by atoms with Gasteiger partial charge in [0.1, 0.15) is 18.5 Å². The van der Waals surface area contributed by atoms with Crippen molar-refractivity contribution in [2.75, 3.05) is 6.61 Å². The molecule has 4 heteroatoms. The van der Waals surface area contributed by atoms with E-state index in [-0.39, 0.29) is 23.4 Å². The van der Waals surface area contributed by atoms with Crippen LogP contribution >= 0.6 is 0 Å². The Morgan fingerprint density at radius 2 is 2.09 bits per heavy atom. The molecule has 3 saturated carbocycles. The van der Waals surface area contributed by atoms with Gasteiger partial charge in [0.05, 0.1) is 0 Å². The van der Waals surface area contributed by atoms with Crippen LogP contribution in [-0.2, 0) is 14.3 Å². The summed E-state index contributed by atoms with van der Waals surface area (Å²) in [4.78, 5) is 24.2. The van der Waals surface area contributed by atoms with E-state index in [0.29, 0.717) is 24.0 Å². The smallest absolute Gasteiger partial charge is 0.332 e. The molecule has 1 N–H and O–H groups in total. The Balaban J connectivity index is 1.94. The highest BCUT2D eigenvalue weighted by molar-refractivity contribution is 5.85. The first kappa shape index (κ1) is 16.0. The summed E-state index contributed by atoms with van der Waals surface area (Å²) in [6.45, 7) is 3.93. The maximum Gasteiger partial charge on any atom is 0.332 e. The van der Waals surface area contributed by atoms with Gasteiger partial charge in [-0.2, -0.15) is 0 Å². The number of carbonyl (C=O) groups excluding carboxylic acids is 2. The molecular formula is C18H28O4. The van der Waals surface area contributed by atoms with Gasteiger partial charge in [-0.3, -0.25) is 4.79 Å². The lowest BCUT2D eigenvalue weighted by Crippen LogP contribution is -2.48. The monoisotopic (exact) mass is 308 g/mol. The molecule has 3 aliphatic carbocycles. The number of rotatable bonds is 2. The number of aliphatic hydroxyl groups excluding tert-OH is 1. The molecule has 0 spiro atoms. The lowest BCUT2D eigenvalue weighted by atomic mass is 9.55. The van der Waals surface area contributed by atoms with E-state index < -0.39 is 12.6 Å². The van der Waals surface area contributed by atoms with Gasteiger partial charge in [0, 0.05) is 18.3 Å². The SMILES string of the molecule is CC1C[C@@H](OC(=O)CO)C2CCCC3(CCC(=O)C23)C[C@@H]1C. The van der Waals surface area contributed by atoms with E-state index in [2.05, 4.69) is 13.8 Å². The van der Waals surface area contributed by atoms with Gasteiger partial charge in [-0.05, 0) is 49.4 Å². The van der Waals surface area contributed by atoms with E-state index in [0.717, 1.165) is 38.5 Å². The number of hydrogen-bond donors (Lipinski definition) is 1. The number of aliphatic hydroxyl groups is 1. The fourth-order valence-corrected chi connectivity index (χ4v) is 5.54. The molecule has 3 aliphatic rings. The third-order valence-electron chi connectivity index (χ3n) is 6.71. The van der Waals surface area contributed by atoms with Crippen LogP contribution in [0.2, 0.25) is 0 Å². The third kappa shape index (κ3) is 2.60.